The number of rotatable bonds is 4. The lowest BCUT2D eigenvalue weighted by Gasteiger charge is -2.08. The summed E-state index contributed by atoms with van der Waals surface area (Å²) in [5.74, 6) is 0.211. The van der Waals surface area contributed by atoms with Gasteiger partial charge in [-0.1, -0.05) is 18.7 Å². The smallest absolute Gasteiger partial charge is 0.187 e. The van der Waals surface area contributed by atoms with E-state index in [1.54, 1.807) is 30.2 Å². The second kappa shape index (κ2) is 5.67. The topological polar surface area (TPSA) is 51.6 Å². The van der Waals surface area contributed by atoms with Crippen LogP contribution in [0.15, 0.2) is 36.0 Å². The van der Waals surface area contributed by atoms with Crippen molar-refractivity contribution in [3.63, 3.8) is 0 Å². The molecule has 2 heterocycles. The molecule has 2 aromatic heterocycles. The number of halogens is 1. The second-order valence-electron chi connectivity index (χ2n) is 3.48. The predicted molar refractivity (Wildman–Crippen MR) is 63.0 cm³/mol. The van der Waals surface area contributed by atoms with Crippen LogP contribution >= 0.6 is 11.8 Å². The maximum Gasteiger partial charge on any atom is 0.187 e. The molecule has 0 saturated heterocycles. The van der Waals surface area contributed by atoms with Crippen molar-refractivity contribution in [2.24, 2.45) is 0 Å². The molecule has 0 spiro atoms. The summed E-state index contributed by atoms with van der Waals surface area (Å²) in [6, 6.07) is 1.78. The van der Waals surface area contributed by atoms with Crippen molar-refractivity contribution < 1.29 is 4.39 Å². The molecule has 0 aromatic carbocycles. The van der Waals surface area contributed by atoms with E-state index in [9.17, 15) is 4.39 Å². The van der Waals surface area contributed by atoms with Crippen LogP contribution in [-0.2, 0) is 6.42 Å². The van der Waals surface area contributed by atoms with E-state index in [-0.39, 0.29) is 5.25 Å². The van der Waals surface area contributed by atoms with Gasteiger partial charge in [0.05, 0.1) is 12.4 Å². The molecule has 2 aromatic rings. The molecule has 0 amide bonds. The Morgan fingerprint density at radius 1 is 1.18 bits per heavy atom. The van der Waals surface area contributed by atoms with E-state index >= 15 is 0 Å². The third-order valence-electron chi connectivity index (χ3n) is 1.99. The minimum absolute atomic E-state index is 0.239. The summed E-state index contributed by atoms with van der Waals surface area (Å²) in [7, 11) is 0. The second-order valence-corrected chi connectivity index (χ2v) is 4.89. The highest BCUT2D eigenvalue weighted by Crippen LogP contribution is 2.20. The summed E-state index contributed by atoms with van der Waals surface area (Å²) in [5.41, 5.74) is 0. The maximum atomic E-state index is 12.6. The molecule has 0 bridgehead atoms. The molecule has 0 N–H and O–H groups in total. The first-order valence-corrected chi connectivity index (χ1v) is 6.02. The van der Waals surface area contributed by atoms with Crippen molar-refractivity contribution in [1.29, 1.82) is 0 Å². The van der Waals surface area contributed by atoms with Gasteiger partial charge < -0.3 is 0 Å². The third kappa shape index (κ3) is 3.74. The fourth-order valence-electron chi connectivity index (χ4n) is 1.27. The summed E-state index contributed by atoms with van der Waals surface area (Å²) < 4.78 is 12.6. The predicted octanol–water partition coefficient (Wildman–Crippen LogP) is 2.13. The molecule has 2 rings (SSSR count). The molecule has 0 saturated carbocycles. The van der Waals surface area contributed by atoms with Gasteiger partial charge in [-0.3, -0.25) is 0 Å². The zero-order chi connectivity index (χ0) is 12.1. The van der Waals surface area contributed by atoms with Crippen LogP contribution in [0.4, 0.5) is 4.39 Å². The quantitative estimate of drug-likeness (QED) is 0.614. The first-order valence-electron chi connectivity index (χ1n) is 5.14. The molecular weight excluding hydrogens is 239 g/mol. The van der Waals surface area contributed by atoms with E-state index in [1.807, 2.05) is 6.92 Å². The third-order valence-corrected chi connectivity index (χ3v) is 2.98. The van der Waals surface area contributed by atoms with Crippen molar-refractivity contribution in [1.82, 2.24) is 19.9 Å². The van der Waals surface area contributed by atoms with Crippen molar-refractivity contribution in [2.75, 3.05) is 0 Å². The van der Waals surface area contributed by atoms with E-state index < -0.39 is 5.82 Å². The van der Waals surface area contributed by atoms with Gasteiger partial charge in [-0.25, -0.2) is 24.3 Å². The van der Waals surface area contributed by atoms with E-state index in [1.165, 1.54) is 12.4 Å². The van der Waals surface area contributed by atoms with Gasteiger partial charge in [-0.15, -0.1) is 0 Å². The van der Waals surface area contributed by atoms with Crippen LogP contribution in [0, 0.1) is 5.82 Å². The Labute approximate surface area is 103 Å². The van der Waals surface area contributed by atoms with Gasteiger partial charge in [-0.05, 0) is 6.07 Å². The van der Waals surface area contributed by atoms with Crippen molar-refractivity contribution in [3.8, 4) is 0 Å². The van der Waals surface area contributed by atoms with Gasteiger partial charge >= 0.3 is 0 Å². The van der Waals surface area contributed by atoms with Gasteiger partial charge in [-0.2, -0.15) is 0 Å². The van der Waals surface area contributed by atoms with Crippen LogP contribution in [0.25, 0.3) is 0 Å². The largest absolute Gasteiger partial charge is 0.238 e. The molecule has 0 aliphatic carbocycles. The normalized spacial score (nSPS) is 12.4. The molecule has 6 heteroatoms. The molecule has 0 aliphatic rings. The van der Waals surface area contributed by atoms with Gasteiger partial charge in [0.1, 0.15) is 5.82 Å². The summed E-state index contributed by atoms with van der Waals surface area (Å²) in [4.78, 5) is 16.1. The fourth-order valence-corrected chi connectivity index (χ4v) is 2.11. The van der Waals surface area contributed by atoms with Crippen LogP contribution in [0.1, 0.15) is 12.7 Å². The number of hydrogen-bond donors (Lipinski definition) is 0. The molecule has 4 nitrogen and oxygen atoms in total. The average molecular weight is 250 g/mol. The fraction of sp³-hybridized carbons (Fsp3) is 0.273. The van der Waals surface area contributed by atoms with Crippen LogP contribution in [-0.4, -0.2) is 25.2 Å². The van der Waals surface area contributed by atoms with Gasteiger partial charge in [0.15, 0.2) is 11.0 Å². The van der Waals surface area contributed by atoms with E-state index in [2.05, 4.69) is 19.9 Å². The Bertz CT molecular complexity index is 463. The van der Waals surface area contributed by atoms with E-state index in [4.69, 9.17) is 0 Å². The van der Waals surface area contributed by atoms with Gasteiger partial charge in [0.2, 0.25) is 0 Å². The highest BCUT2D eigenvalue weighted by Gasteiger charge is 2.09. The number of aromatic nitrogens is 4. The van der Waals surface area contributed by atoms with Gasteiger partial charge in [0.25, 0.3) is 0 Å². The zero-order valence-corrected chi connectivity index (χ0v) is 10.1. The monoisotopic (exact) mass is 250 g/mol. The van der Waals surface area contributed by atoms with Crippen LogP contribution in [0.2, 0.25) is 0 Å². The summed E-state index contributed by atoms with van der Waals surface area (Å²) in [5, 5.41) is 0.963. The lowest BCUT2D eigenvalue weighted by atomic mass is 10.3. The molecule has 0 fully saturated rings. The summed E-state index contributed by atoms with van der Waals surface area (Å²) in [6.45, 7) is 2.04. The molecule has 17 heavy (non-hydrogen) atoms. The Morgan fingerprint density at radius 3 is 2.47 bits per heavy atom. The van der Waals surface area contributed by atoms with E-state index in [0.717, 1.165) is 5.16 Å². The Morgan fingerprint density at radius 2 is 1.82 bits per heavy atom. The summed E-state index contributed by atoms with van der Waals surface area (Å²) >= 11 is 1.55. The SMILES string of the molecule is CC(Cc1ncc(F)cn1)Sc1ncccn1. The molecule has 0 radical (unpaired) electrons. The lowest BCUT2D eigenvalue weighted by Crippen LogP contribution is -2.06. The average Bonchev–Trinajstić information content (AvgIpc) is 2.33. The molecule has 1 atom stereocenters. The van der Waals surface area contributed by atoms with Crippen molar-refractivity contribution >= 4 is 11.8 Å². The van der Waals surface area contributed by atoms with Crippen LogP contribution < -0.4 is 0 Å². The Kier molecular flexibility index (Phi) is 3.98. The van der Waals surface area contributed by atoms with E-state index in [0.29, 0.717) is 12.2 Å². The Balaban J connectivity index is 1.93. The standard InChI is InChI=1S/C11H11FN4S/c1-8(17-11-13-3-2-4-14-11)5-10-15-6-9(12)7-16-10/h2-4,6-8H,5H2,1H3. The van der Waals surface area contributed by atoms with Crippen LogP contribution in [0.3, 0.4) is 0 Å². The number of nitrogens with zero attached hydrogens (tertiary/aromatic N) is 4. The number of hydrogen-bond acceptors (Lipinski definition) is 5. The van der Waals surface area contributed by atoms with Crippen molar-refractivity contribution in [3.05, 3.63) is 42.5 Å². The minimum Gasteiger partial charge on any atom is -0.238 e. The lowest BCUT2D eigenvalue weighted by molar-refractivity contribution is 0.607. The highest BCUT2D eigenvalue weighted by molar-refractivity contribution is 7.99. The number of thioether (sulfide) groups is 1. The molecule has 88 valence electrons. The van der Waals surface area contributed by atoms with Crippen LogP contribution in [0.5, 0.6) is 0 Å². The van der Waals surface area contributed by atoms with Crippen molar-refractivity contribution in [2.45, 2.75) is 23.8 Å². The maximum absolute atomic E-state index is 12.6. The molecule has 1 unspecified atom stereocenters. The minimum atomic E-state index is -0.416. The Hall–Kier alpha value is -1.56. The zero-order valence-electron chi connectivity index (χ0n) is 9.25. The molecular formula is C11H11FN4S. The first kappa shape index (κ1) is 11.9. The summed E-state index contributed by atoms with van der Waals surface area (Å²) in [6.07, 6.45) is 6.42. The first-order chi connectivity index (χ1) is 8.24. The molecule has 0 aliphatic heterocycles. The van der Waals surface area contributed by atoms with Gasteiger partial charge in [0, 0.05) is 24.1 Å². The highest BCUT2D eigenvalue weighted by atomic mass is 32.2.